The monoisotopic (exact) mass is 478 g/mol. The first-order chi connectivity index (χ1) is 12.1. The molecular weight excluding hydrogens is 443 g/mol. The number of hydrogen-bond donors (Lipinski definition) is 2. The van der Waals surface area contributed by atoms with E-state index in [1.807, 2.05) is 26.0 Å². The summed E-state index contributed by atoms with van der Waals surface area (Å²) >= 11 is 0. The first-order valence-electron chi connectivity index (χ1n) is 9.32. The van der Waals surface area contributed by atoms with Crippen molar-refractivity contribution in [3.8, 4) is 5.88 Å². The van der Waals surface area contributed by atoms with Gasteiger partial charge < -0.3 is 20.1 Å². The maximum atomic E-state index is 5.79. The molecule has 150 valence electrons. The molecule has 0 aromatic carbocycles. The van der Waals surface area contributed by atoms with Gasteiger partial charge in [0.25, 0.3) is 0 Å². The summed E-state index contributed by atoms with van der Waals surface area (Å²) in [6.45, 7) is 14.0. The Kier molecular flexibility index (Phi) is 14.4. The van der Waals surface area contributed by atoms with Crippen LogP contribution < -0.4 is 15.4 Å². The molecule has 1 aromatic heterocycles. The molecule has 26 heavy (non-hydrogen) atoms. The van der Waals surface area contributed by atoms with Crippen molar-refractivity contribution in [3.05, 3.63) is 23.9 Å². The minimum Gasteiger partial charge on any atom is -0.478 e. The zero-order valence-corrected chi connectivity index (χ0v) is 19.1. The molecule has 0 aliphatic heterocycles. The molecule has 0 fully saturated rings. The summed E-state index contributed by atoms with van der Waals surface area (Å²) in [5.74, 6) is 1.97. The Morgan fingerprint density at radius 3 is 2.58 bits per heavy atom. The van der Waals surface area contributed by atoms with Gasteiger partial charge in [-0.15, -0.1) is 24.0 Å². The quantitative estimate of drug-likeness (QED) is 0.289. The van der Waals surface area contributed by atoms with Crippen LogP contribution in [0.25, 0.3) is 0 Å². The molecule has 1 atom stereocenters. The third-order valence-electron chi connectivity index (χ3n) is 3.70. The van der Waals surface area contributed by atoms with Gasteiger partial charge in [-0.05, 0) is 44.7 Å². The molecule has 0 bridgehead atoms. The van der Waals surface area contributed by atoms with Crippen LogP contribution in [0.2, 0.25) is 0 Å². The van der Waals surface area contributed by atoms with E-state index in [2.05, 4.69) is 41.4 Å². The molecule has 6 nitrogen and oxygen atoms in total. The van der Waals surface area contributed by atoms with E-state index in [1.165, 1.54) is 0 Å². The van der Waals surface area contributed by atoms with Crippen molar-refractivity contribution in [2.75, 3.05) is 26.3 Å². The van der Waals surface area contributed by atoms with E-state index in [1.54, 1.807) is 6.20 Å². The van der Waals surface area contributed by atoms with Gasteiger partial charge in [-0.1, -0.05) is 13.8 Å². The van der Waals surface area contributed by atoms with Gasteiger partial charge in [0.2, 0.25) is 5.88 Å². The van der Waals surface area contributed by atoms with Gasteiger partial charge in [0.15, 0.2) is 5.96 Å². The largest absolute Gasteiger partial charge is 0.478 e. The molecule has 1 rings (SSSR count). The van der Waals surface area contributed by atoms with Gasteiger partial charge in [0.05, 0.1) is 19.3 Å². The molecule has 0 saturated carbocycles. The minimum absolute atomic E-state index is 0. The van der Waals surface area contributed by atoms with Crippen LogP contribution in [0.4, 0.5) is 0 Å². The van der Waals surface area contributed by atoms with E-state index >= 15 is 0 Å². The van der Waals surface area contributed by atoms with Crippen LogP contribution in [-0.2, 0) is 11.3 Å². The first kappa shape index (κ1) is 24.9. The molecule has 1 aromatic rings. The number of halogens is 1. The summed E-state index contributed by atoms with van der Waals surface area (Å²) in [5.41, 5.74) is 1.07. The lowest BCUT2D eigenvalue weighted by Gasteiger charge is -2.21. The highest BCUT2D eigenvalue weighted by Crippen LogP contribution is 2.11. The molecule has 1 unspecified atom stereocenters. The molecule has 0 spiro atoms. The zero-order chi connectivity index (χ0) is 18.5. The molecular formula is C19H35IN4O2. The van der Waals surface area contributed by atoms with Crippen molar-refractivity contribution < 1.29 is 9.47 Å². The molecule has 0 radical (unpaired) electrons. The number of hydrogen-bond acceptors (Lipinski definition) is 4. The Bertz CT molecular complexity index is 512. The lowest BCUT2D eigenvalue weighted by molar-refractivity contribution is 0.0258. The first-order valence-corrected chi connectivity index (χ1v) is 9.32. The van der Waals surface area contributed by atoms with E-state index in [0.29, 0.717) is 24.9 Å². The van der Waals surface area contributed by atoms with Crippen molar-refractivity contribution >= 4 is 29.9 Å². The summed E-state index contributed by atoms with van der Waals surface area (Å²) in [6.07, 6.45) is 2.99. The molecule has 1 heterocycles. The summed E-state index contributed by atoms with van der Waals surface area (Å²) in [6, 6.07) is 3.89. The van der Waals surface area contributed by atoms with Gasteiger partial charge >= 0.3 is 0 Å². The van der Waals surface area contributed by atoms with E-state index in [9.17, 15) is 0 Å². The fourth-order valence-electron chi connectivity index (χ4n) is 2.44. The van der Waals surface area contributed by atoms with Crippen molar-refractivity contribution in [1.29, 1.82) is 0 Å². The fourth-order valence-corrected chi connectivity index (χ4v) is 2.44. The molecule has 2 N–H and O–H groups in total. The van der Waals surface area contributed by atoms with Crippen LogP contribution in [0.1, 0.15) is 46.6 Å². The highest BCUT2D eigenvalue weighted by molar-refractivity contribution is 14.0. The lowest BCUT2D eigenvalue weighted by atomic mass is 10.0. The smallest absolute Gasteiger partial charge is 0.213 e. The van der Waals surface area contributed by atoms with Crippen LogP contribution in [0.5, 0.6) is 5.88 Å². The number of guanidine groups is 1. The molecule has 0 amide bonds. The van der Waals surface area contributed by atoms with Gasteiger partial charge in [0, 0.05) is 32.0 Å². The highest BCUT2D eigenvalue weighted by Gasteiger charge is 2.12. The maximum absolute atomic E-state index is 5.79. The van der Waals surface area contributed by atoms with Crippen LogP contribution in [0, 0.1) is 5.92 Å². The summed E-state index contributed by atoms with van der Waals surface area (Å²) in [5, 5.41) is 6.67. The van der Waals surface area contributed by atoms with Gasteiger partial charge in [-0.25, -0.2) is 9.98 Å². The molecule has 0 aliphatic carbocycles. The lowest BCUT2D eigenvalue weighted by Crippen LogP contribution is -2.39. The molecule has 0 aliphatic rings. The van der Waals surface area contributed by atoms with Crippen molar-refractivity contribution in [2.24, 2.45) is 10.9 Å². The van der Waals surface area contributed by atoms with Crippen LogP contribution in [-0.4, -0.2) is 43.4 Å². The number of nitrogens with zero attached hydrogens (tertiary/aromatic N) is 2. The van der Waals surface area contributed by atoms with Crippen molar-refractivity contribution in [1.82, 2.24) is 15.6 Å². The fraction of sp³-hybridized carbons (Fsp3) is 0.684. The second-order valence-electron chi connectivity index (χ2n) is 6.08. The zero-order valence-electron chi connectivity index (χ0n) is 16.7. The maximum Gasteiger partial charge on any atom is 0.213 e. The van der Waals surface area contributed by atoms with E-state index in [4.69, 9.17) is 9.47 Å². The Morgan fingerprint density at radius 2 is 1.96 bits per heavy atom. The van der Waals surface area contributed by atoms with Gasteiger partial charge in [0.1, 0.15) is 0 Å². The molecule has 7 heteroatoms. The Balaban J connectivity index is 0.00000625. The number of nitrogens with one attached hydrogen (secondary N) is 2. The van der Waals surface area contributed by atoms with E-state index < -0.39 is 0 Å². The minimum atomic E-state index is 0. The van der Waals surface area contributed by atoms with Crippen molar-refractivity contribution in [3.63, 3.8) is 0 Å². The number of rotatable bonds is 11. The van der Waals surface area contributed by atoms with Crippen LogP contribution in [0.15, 0.2) is 23.3 Å². The van der Waals surface area contributed by atoms with Crippen molar-refractivity contribution in [2.45, 2.75) is 53.7 Å². The Morgan fingerprint density at radius 1 is 1.19 bits per heavy atom. The van der Waals surface area contributed by atoms with Crippen LogP contribution in [0.3, 0.4) is 0 Å². The van der Waals surface area contributed by atoms with Gasteiger partial charge in [-0.3, -0.25) is 0 Å². The average molecular weight is 478 g/mol. The van der Waals surface area contributed by atoms with Gasteiger partial charge in [-0.2, -0.15) is 0 Å². The summed E-state index contributed by atoms with van der Waals surface area (Å²) in [4.78, 5) is 8.82. The summed E-state index contributed by atoms with van der Waals surface area (Å²) in [7, 11) is 0. The summed E-state index contributed by atoms with van der Waals surface area (Å²) < 4.78 is 11.2. The SMILES string of the molecule is CCNC(=NCc1ccnc(OCC)c1)NCCC(OCC)C(C)C.I. The number of aliphatic imine (C=N–C) groups is 1. The normalized spacial score (nSPS) is 12.5. The van der Waals surface area contributed by atoms with E-state index in [-0.39, 0.29) is 30.1 Å². The third kappa shape index (κ3) is 10.2. The second-order valence-corrected chi connectivity index (χ2v) is 6.08. The number of ether oxygens (including phenoxy) is 2. The second kappa shape index (κ2) is 15.0. The Labute approximate surface area is 175 Å². The Hall–Kier alpha value is -1.09. The topological polar surface area (TPSA) is 67.8 Å². The predicted octanol–water partition coefficient (Wildman–Crippen LogP) is 3.60. The standard InChI is InChI=1S/C19H34N4O2.HI/c1-6-20-19(22-12-10-17(15(4)5)24-7-2)23-14-16-9-11-21-18(13-16)25-8-3;/h9,11,13,15,17H,6-8,10,12,14H2,1-5H3,(H2,20,22,23);1H. The average Bonchev–Trinajstić information content (AvgIpc) is 2.59. The van der Waals surface area contributed by atoms with Crippen LogP contribution >= 0.6 is 24.0 Å². The molecule has 0 saturated heterocycles. The third-order valence-corrected chi connectivity index (χ3v) is 3.70. The predicted molar refractivity (Wildman–Crippen MR) is 119 cm³/mol. The number of aromatic nitrogens is 1. The number of pyridine rings is 1. The highest BCUT2D eigenvalue weighted by atomic mass is 127. The van der Waals surface area contributed by atoms with E-state index in [0.717, 1.165) is 37.6 Å².